The van der Waals surface area contributed by atoms with E-state index in [1.165, 1.54) is 0 Å². The summed E-state index contributed by atoms with van der Waals surface area (Å²) >= 11 is 0. The number of anilines is 1. The lowest BCUT2D eigenvalue weighted by atomic mass is 10.2. The number of nitrogens with zero attached hydrogens (tertiary/aromatic N) is 2. The molecule has 2 aromatic rings. The van der Waals surface area contributed by atoms with E-state index in [9.17, 15) is 9.59 Å². The lowest BCUT2D eigenvalue weighted by Crippen LogP contribution is -2.32. The molecular formula is C17H22N4O2. The molecule has 3 amide bonds. The number of nitrogens with one attached hydrogen (secondary N) is 2. The quantitative estimate of drug-likeness (QED) is 0.832. The zero-order valence-corrected chi connectivity index (χ0v) is 13.3. The first-order chi connectivity index (χ1) is 11.1. The Kier molecular flexibility index (Phi) is 4.50. The molecule has 1 aliphatic heterocycles. The first-order valence-corrected chi connectivity index (χ1v) is 8.02. The number of benzene rings is 1. The zero-order valence-electron chi connectivity index (χ0n) is 13.3. The lowest BCUT2D eigenvalue weighted by Gasteiger charge is -2.15. The Bertz CT molecular complexity index is 722. The van der Waals surface area contributed by atoms with Gasteiger partial charge in [0, 0.05) is 50.2 Å². The summed E-state index contributed by atoms with van der Waals surface area (Å²) in [5.41, 5.74) is 1.88. The van der Waals surface area contributed by atoms with Crippen molar-refractivity contribution in [3.63, 3.8) is 0 Å². The van der Waals surface area contributed by atoms with Gasteiger partial charge in [0.25, 0.3) is 0 Å². The average molecular weight is 314 g/mol. The van der Waals surface area contributed by atoms with Crippen LogP contribution in [-0.2, 0) is 11.8 Å². The topological polar surface area (TPSA) is 66.4 Å². The molecule has 3 rings (SSSR count). The highest BCUT2D eigenvalue weighted by Gasteiger charge is 2.19. The van der Waals surface area contributed by atoms with Gasteiger partial charge in [0.15, 0.2) is 0 Å². The third-order valence-electron chi connectivity index (χ3n) is 4.21. The Morgan fingerprint density at radius 3 is 2.91 bits per heavy atom. The fourth-order valence-corrected chi connectivity index (χ4v) is 3.02. The molecule has 2 N–H and O–H groups in total. The Morgan fingerprint density at radius 1 is 1.30 bits per heavy atom. The Balaban J connectivity index is 1.48. The van der Waals surface area contributed by atoms with Crippen molar-refractivity contribution in [3.05, 3.63) is 30.5 Å². The molecule has 0 bridgehead atoms. The molecular weight excluding hydrogens is 292 g/mol. The molecule has 1 saturated heterocycles. The summed E-state index contributed by atoms with van der Waals surface area (Å²) in [4.78, 5) is 25.4. The third kappa shape index (κ3) is 3.47. The fraction of sp³-hybridized carbons (Fsp3) is 0.412. The maximum Gasteiger partial charge on any atom is 0.319 e. The number of carbonyl (C=O) groups is 2. The van der Waals surface area contributed by atoms with Crippen molar-refractivity contribution in [2.24, 2.45) is 7.05 Å². The van der Waals surface area contributed by atoms with Crippen LogP contribution in [0.4, 0.5) is 10.5 Å². The third-order valence-corrected chi connectivity index (χ3v) is 4.21. The van der Waals surface area contributed by atoms with Crippen LogP contribution in [0.5, 0.6) is 0 Å². The van der Waals surface area contributed by atoms with Crippen LogP contribution in [0.2, 0.25) is 0 Å². The van der Waals surface area contributed by atoms with E-state index < -0.39 is 0 Å². The second kappa shape index (κ2) is 6.73. The molecule has 23 heavy (non-hydrogen) atoms. The van der Waals surface area contributed by atoms with Crippen LogP contribution in [0.1, 0.15) is 19.3 Å². The number of rotatable bonds is 5. The van der Waals surface area contributed by atoms with E-state index in [1.807, 2.05) is 47.0 Å². The van der Waals surface area contributed by atoms with Crippen molar-refractivity contribution in [3.8, 4) is 0 Å². The summed E-state index contributed by atoms with van der Waals surface area (Å²) in [6, 6.07) is 7.73. The number of aryl methyl sites for hydroxylation is 1. The molecule has 1 aromatic heterocycles. The first kappa shape index (κ1) is 15.4. The zero-order chi connectivity index (χ0) is 16.2. The molecule has 0 atom stereocenters. The van der Waals surface area contributed by atoms with Gasteiger partial charge in [-0.3, -0.25) is 4.79 Å². The van der Waals surface area contributed by atoms with E-state index in [1.54, 1.807) is 0 Å². The average Bonchev–Trinajstić information content (AvgIpc) is 3.09. The van der Waals surface area contributed by atoms with Gasteiger partial charge in [-0.1, -0.05) is 18.2 Å². The highest BCUT2D eigenvalue weighted by atomic mass is 16.2. The number of fused-ring (bicyclic) bond motifs is 1. The van der Waals surface area contributed by atoms with E-state index >= 15 is 0 Å². The largest absolute Gasteiger partial charge is 0.348 e. The molecule has 0 saturated carbocycles. The monoisotopic (exact) mass is 314 g/mol. The molecule has 2 heterocycles. The lowest BCUT2D eigenvalue weighted by molar-refractivity contribution is -0.127. The second-order valence-corrected chi connectivity index (χ2v) is 5.89. The molecule has 1 fully saturated rings. The molecule has 6 nitrogen and oxygen atoms in total. The van der Waals surface area contributed by atoms with Gasteiger partial charge in [0.05, 0.1) is 5.69 Å². The van der Waals surface area contributed by atoms with Gasteiger partial charge >= 0.3 is 6.03 Å². The van der Waals surface area contributed by atoms with Crippen LogP contribution in [0, 0.1) is 0 Å². The second-order valence-electron chi connectivity index (χ2n) is 5.89. The minimum Gasteiger partial charge on any atom is -0.348 e. The number of carbonyl (C=O) groups excluding carboxylic acids is 2. The highest BCUT2D eigenvalue weighted by Crippen LogP contribution is 2.24. The first-order valence-electron chi connectivity index (χ1n) is 8.02. The number of hydrogen-bond donors (Lipinski definition) is 2. The number of urea groups is 1. The van der Waals surface area contributed by atoms with E-state index in [0.29, 0.717) is 19.5 Å². The van der Waals surface area contributed by atoms with Crippen molar-refractivity contribution in [1.82, 2.24) is 14.8 Å². The van der Waals surface area contributed by atoms with Crippen LogP contribution in [0.3, 0.4) is 0 Å². The molecule has 0 radical (unpaired) electrons. The number of aromatic nitrogens is 1. The molecule has 6 heteroatoms. The summed E-state index contributed by atoms with van der Waals surface area (Å²) in [6.07, 6.45) is 4.30. The maximum atomic E-state index is 12.0. The van der Waals surface area contributed by atoms with Crippen LogP contribution in [0.15, 0.2) is 30.5 Å². The van der Waals surface area contributed by atoms with E-state index in [0.717, 1.165) is 36.0 Å². The number of amides is 3. The SMILES string of the molecule is Cn1cc(NC(=O)NCCCN2CCCC2=O)c2ccccc21. The van der Waals surface area contributed by atoms with Gasteiger partial charge in [0.1, 0.15) is 0 Å². The fourth-order valence-electron chi connectivity index (χ4n) is 3.02. The van der Waals surface area contributed by atoms with Gasteiger partial charge in [-0.05, 0) is 18.9 Å². The van der Waals surface area contributed by atoms with Crippen molar-refractivity contribution in [1.29, 1.82) is 0 Å². The normalized spacial score (nSPS) is 14.5. The van der Waals surface area contributed by atoms with Gasteiger partial charge in [0.2, 0.25) is 5.91 Å². The molecule has 1 aliphatic rings. The van der Waals surface area contributed by atoms with Crippen molar-refractivity contribution < 1.29 is 9.59 Å². The minimum absolute atomic E-state index is 0.214. The van der Waals surface area contributed by atoms with E-state index in [2.05, 4.69) is 10.6 Å². The van der Waals surface area contributed by atoms with Gasteiger partial charge in [-0.25, -0.2) is 4.79 Å². The van der Waals surface area contributed by atoms with E-state index in [4.69, 9.17) is 0 Å². The maximum absolute atomic E-state index is 12.0. The summed E-state index contributed by atoms with van der Waals surface area (Å²) in [5.74, 6) is 0.227. The van der Waals surface area contributed by atoms with Crippen LogP contribution in [0.25, 0.3) is 10.9 Å². The summed E-state index contributed by atoms with van der Waals surface area (Å²) in [7, 11) is 1.96. The van der Waals surface area contributed by atoms with Gasteiger partial charge < -0.3 is 20.1 Å². The smallest absolute Gasteiger partial charge is 0.319 e. The van der Waals surface area contributed by atoms with Crippen molar-refractivity contribution in [2.45, 2.75) is 19.3 Å². The molecule has 0 aliphatic carbocycles. The summed E-state index contributed by atoms with van der Waals surface area (Å²) in [5, 5.41) is 6.76. The predicted molar refractivity (Wildman–Crippen MR) is 90.4 cm³/mol. The molecule has 1 aromatic carbocycles. The standard InChI is InChI=1S/C17H22N4O2/c1-20-12-14(13-6-2-3-7-15(13)20)19-17(23)18-9-5-11-21-10-4-8-16(21)22/h2-3,6-7,12H,4-5,8-11H2,1H3,(H2,18,19,23). The Hall–Kier alpha value is -2.50. The Morgan fingerprint density at radius 2 is 2.13 bits per heavy atom. The Labute approximate surface area is 135 Å². The van der Waals surface area contributed by atoms with Crippen LogP contribution in [-0.4, -0.2) is 41.0 Å². The summed E-state index contributed by atoms with van der Waals surface area (Å²) < 4.78 is 1.99. The van der Waals surface area contributed by atoms with Crippen molar-refractivity contribution in [2.75, 3.05) is 25.0 Å². The van der Waals surface area contributed by atoms with Crippen LogP contribution >= 0.6 is 0 Å². The molecule has 0 unspecified atom stereocenters. The van der Waals surface area contributed by atoms with Crippen LogP contribution < -0.4 is 10.6 Å². The highest BCUT2D eigenvalue weighted by molar-refractivity contribution is 6.01. The number of hydrogen-bond acceptors (Lipinski definition) is 2. The molecule has 0 spiro atoms. The van der Waals surface area contributed by atoms with Gasteiger partial charge in [-0.2, -0.15) is 0 Å². The van der Waals surface area contributed by atoms with Gasteiger partial charge in [-0.15, -0.1) is 0 Å². The number of para-hydroxylation sites is 1. The predicted octanol–water partition coefficient (Wildman–Crippen LogP) is 2.31. The molecule has 122 valence electrons. The number of likely N-dealkylation sites (tertiary alicyclic amines) is 1. The van der Waals surface area contributed by atoms with Crippen molar-refractivity contribution >= 4 is 28.5 Å². The summed E-state index contributed by atoms with van der Waals surface area (Å²) in [6.45, 7) is 2.12. The van der Waals surface area contributed by atoms with E-state index in [-0.39, 0.29) is 11.9 Å². The minimum atomic E-state index is -0.214.